The third-order valence-corrected chi connectivity index (χ3v) is 7.25. The number of benzene rings is 3. The largest absolute Gasteiger partial charge is 0.497 e. The number of Topliss-reactive ketones (excluding diaryl/α,β-unsaturated/α-hetero) is 1. The average molecular weight is 497 g/mol. The quantitative estimate of drug-likeness (QED) is 0.435. The van der Waals surface area contributed by atoms with E-state index in [1.807, 2.05) is 32.0 Å². The minimum Gasteiger partial charge on any atom is -0.497 e. The summed E-state index contributed by atoms with van der Waals surface area (Å²) in [4.78, 5) is 18.0. The first-order valence-corrected chi connectivity index (χ1v) is 12.6. The number of nitrogens with one attached hydrogen (secondary N) is 1. The van der Waals surface area contributed by atoms with Gasteiger partial charge in [-0.3, -0.25) is 14.5 Å². The van der Waals surface area contributed by atoms with Crippen molar-refractivity contribution in [2.24, 2.45) is 4.99 Å². The Morgan fingerprint density at radius 3 is 2.38 bits per heavy atom. The lowest BCUT2D eigenvalue weighted by Crippen LogP contribution is -2.30. The van der Waals surface area contributed by atoms with E-state index in [-0.39, 0.29) is 22.6 Å². The van der Waals surface area contributed by atoms with Crippen molar-refractivity contribution in [3.63, 3.8) is 0 Å². The third kappa shape index (κ3) is 5.32. The molecule has 3 aromatic carbocycles. The van der Waals surface area contributed by atoms with Crippen LogP contribution in [0.25, 0.3) is 0 Å². The lowest BCUT2D eigenvalue weighted by molar-refractivity contribution is 0.100. The van der Waals surface area contributed by atoms with Gasteiger partial charge in [0.25, 0.3) is 10.0 Å². The summed E-state index contributed by atoms with van der Waals surface area (Å²) in [6.07, 6.45) is 0.923. The topological polar surface area (TPSA) is 84.8 Å². The molecule has 34 heavy (non-hydrogen) atoms. The maximum Gasteiger partial charge on any atom is 0.261 e. The van der Waals surface area contributed by atoms with Crippen LogP contribution in [-0.4, -0.2) is 32.6 Å². The number of carbonyl (C=O) groups is 1. The van der Waals surface area contributed by atoms with Crippen molar-refractivity contribution in [1.82, 2.24) is 0 Å². The monoisotopic (exact) mass is 496 g/mol. The van der Waals surface area contributed by atoms with Crippen LogP contribution in [0.5, 0.6) is 5.75 Å². The molecule has 0 saturated heterocycles. The first kappa shape index (κ1) is 24.0. The smallest absolute Gasteiger partial charge is 0.261 e. The highest BCUT2D eigenvalue weighted by atomic mass is 35.5. The van der Waals surface area contributed by atoms with Gasteiger partial charge in [0, 0.05) is 21.8 Å². The summed E-state index contributed by atoms with van der Waals surface area (Å²) in [5.41, 5.74) is 3.32. The van der Waals surface area contributed by atoms with Gasteiger partial charge in [-0.2, -0.15) is 0 Å². The van der Waals surface area contributed by atoms with E-state index in [1.54, 1.807) is 31.4 Å². The molecule has 0 aliphatic carbocycles. The molecule has 0 bridgehead atoms. The van der Waals surface area contributed by atoms with Crippen molar-refractivity contribution in [2.45, 2.75) is 37.1 Å². The molecule has 0 aromatic heterocycles. The number of ketones is 1. The van der Waals surface area contributed by atoms with Gasteiger partial charge in [-0.15, -0.1) is 0 Å². The molecule has 1 aliphatic rings. The highest BCUT2D eigenvalue weighted by Crippen LogP contribution is 2.31. The van der Waals surface area contributed by atoms with E-state index in [4.69, 9.17) is 21.3 Å². The molecule has 0 saturated carbocycles. The maximum absolute atomic E-state index is 13.1. The Labute approximate surface area is 204 Å². The van der Waals surface area contributed by atoms with Gasteiger partial charge in [0.2, 0.25) is 0 Å². The SMILES string of the molecule is COc1ccc2c(c1)C(CC(=O)c1ccc(NS(=O)(=O)c3ccc(Cl)cc3)cc1)=NC(C)(C)C2. The van der Waals surface area contributed by atoms with Crippen LogP contribution in [0.15, 0.2) is 76.6 Å². The molecular weight excluding hydrogens is 472 g/mol. The number of fused-ring (bicyclic) bond motifs is 1. The Morgan fingerprint density at radius 1 is 1.06 bits per heavy atom. The van der Waals surface area contributed by atoms with Crippen LogP contribution in [0.1, 0.15) is 41.8 Å². The number of methoxy groups -OCH3 is 1. The van der Waals surface area contributed by atoms with E-state index in [0.29, 0.717) is 16.3 Å². The van der Waals surface area contributed by atoms with E-state index in [0.717, 1.165) is 29.0 Å². The summed E-state index contributed by atoms with van der Waals surface area (Å²) in [7, 11) is -2.15. The number of nitrogens with zero attached hydrogens (tertiary/aromatic N) is 1. The Kier molecular flexibility index (Phi) is 6.51. The van der Waals surface area contributed by atoms with Gasteiger partial charge in [0.1, 0.15) is 5.75 Å². The average Bonchev–Trinajstić information content (AvgIpc) is 2.78. The van der Waals surface area contributed by atoms with Crippen LogP contribution in [-0.2, 0) is 16.4 Å². The zero-order valence-corrected chi connectivity index (χ0v) is 20.7. The molecule has 0 unspecified atom stereocenters. The summed E-state index contributed by atoms with van der Waals surface area (Å²) in [6, 6.07) is 18.1. The molecule has 1 N–H and O–H groups in total. The fourth-order valence-electron chi connectivity index (χ4n) is 3.98. The van der Waals surface area contributed by atoms with E-state index in [2.05, 4.69) is 4.72 Å². The highest BCUT2D eigenvalue weighted by Gasteiger charge is 2.28. The number of hydrogen-bond donors (Lipinski definition) is 1. The van der Waals surface area contributed by atoms with Crippen molar-refractivity contribution < 1.29 is 17.9 Å². The number of halogens is 1. The second-order valence-corrected chi connectivity index (χ2v) is 10.9. The second-order valence-electron chi connectivity index (χ2n) is 8.81. The number of rotatable bonds is 7. The number of hydrogen-bond acceptors (Lipinski definition) is 5. The third-order valence-electron chi connectivity index (χ3n) is 5.60. The molecule has 176 valence electrons. The summed E-state index contributed by atoms with van der Waals surface area (Å²) >= 11 is 5.84. The van der Waals surface area contributed by atoms with E-state index in [9.17, 15) is 13.2 Å². The minimum absolute atomic E-state index is 0.0997. The second kappa shape index (κ2) is 9.24. The lowest BCUT2D eigenvalue weighted by atomic mass is 9.85. The van der Waals surface area contributed by atoms with Gasteiger partial charge in [-0.05, 0) is 86.5 Å². The molecule has 0 spiro atoms. The first-order valence-electron chi connectivity index (χ1n) is 10.7. The minimum atomic E-state index is -3.76. The Hall–Kier alpha value is -3.16. The van der Waals surface area contributed by atoms with Gasteiger partial charge in [0.15, 0.2) is 5.78 Å². The van der Waals surface area contributed by atoms with Gasteiger partial charge in [-0.25, -0.2) is 8.42 Å². The zero-order valence-electron chi connectivity index (χ0n) is 19.1. The highest BCUT2D eigenvalue weighted by molar-refractivity contribution is 7.92. The van der Waals surface area contributed by atoms with E-state index >= 15 is 0 Å². The number of ether oxygens (including phenoxy) is 1. The van der Waals surface area contributed by atoms with E-state index < -0.39 is 10.0 Å². The van der Waals surface area contributed by atoms with Crippen LogP contribution in [0.4, 0.5) is 5.69 Å². The number of carbonyl (C=O) groups excluding carboxylic acids is 1. The predicted molar refractivity (Wildman–Crippen MR) is 135 cm³/mol. The standard InChI is InChI=1S/C26H25ClN2O4S/c1-26(2)16-18-6-11-21(33-3)14-23(18)24(28-26)15-25(30)17-4-9-20(10-5-17)29-34(31,32)22-12-7-19(27)8-13-22/h4-14,29H,15-16H2,1-3H3. The van der Waals surface area contributed by atoms with Gasteiger partial charge >= 0.3 is 0 Å². The van der Waals surface area contributed by atoms with Crippen LogP contribution >= 0.6 is 11.6 Å². The van der Waals surface area contributed by atoms with Crippen LogP contribution in [0.2, 0.25) is 5.02 Å². The molecular formula is C26H25ClN2O4S. The maximum atomic E-state index is 13.1. The molecule has 0 radical (unpaired) electrons. The zero-order chi connectivity index (χ0) is 24.5. The van der Waals surface area contributed by atoms with Crippen molar-refractivity contribution >= 4 is 38.8 Å². The van der Waals surface area contributed by atoms with Crippen molar-refractivity contribution in [3.05, 3.63) is 88.4 Å². The molecule has 0 amide bonds. The number of sulfonamides is 1. The molecule has 1 aliphatic heterocycles. The van der Waals surface area contributed by atoms with Crippen LogP contribution in [0.3, 0.4) is 0 Å². The lowest BCUT2D eigenvalue weighted by Gasteiger charge is -2.29. The van der Waals surface area contributed by atoms with Crippen LogP contribution < -0.4 is 9.46 Å². The predicted octanol–water partition coefficient (Wildman–Crippen LogP) is 5.55. The van der Waals surface area contributed by atoms with E-state index in [1.165, 1.54) is 24.3 Å². The Balaban J connectivity index is 1.52. The van der Waals surface area contributed by atoms with Crippen molar-refractivity contribution in [2.75, 3.05) is 11.8 Å². The number of aliphatic imine (C=N–C) groups is 1. The number of anilines is 1. The summed E-state index contributed by atoms with van der Waals surface area (Å²) < 4.78 is 33.0. The van der Waals surface area contributed by atoms with Gasteiger partial charge in [0.05, 0.1) is 29.7 Å². The molecule has 4 rings (SSSR count). The normalized spacial score (nSPS) is 14.6. The fourth-order valence-corrected chi connectivity index (χ4v) is 5.16. The van der Waals surface area contributed by atoms with Gasteiger partial charge < -0.3 is 4.74 Å². The molecule has 0 atom stereocenters. The summed E-state index contributed by atoms with van der Waals surface area (Å²) in [5.74, 6) is 0.619. The Morgan fingerprint density at radius 2 is 1.74 bits per heavy atom. The molecule has 3 aromatic rings. The van der Waals surface area contributed by atoms with Crippen molar-refractivity contribution in [1.29, 1.82) is 0 Å². The summed E-state index contributed by atoms with van der Waals surface area (Å²) in [5, 5.41) is 0.453. The van der Waals surface area contributed by atoms with Crippen LogP contribution in [0, 0.1) is 0 Å². The molecule has 0 fully saturated rings. The van der Waals surface area contributed by atoms with Crippen molar-refractivity contribution in [3.8, 4) is 5.75 Å². The summed E-state index contributed by atoms with van der Waals surface area (Å²) in [6.45, 7) is 4.10. The first-order chi connectivity index (χ1) is 16.1. The fraction of sp³-hybridized carbons (Fsp3) is 0.231. The molecule has 1 heterocycles. The Bertz CT molecular complexity index is 1360. The molecule has 8 heteroatoms. The van der Waals surface area contributed by atoms with Gasteiger partial charge in [-0.1, -0.05) is 17.7 Å². The molecule has 6 nitrogen and oxygen atoms in total.